The Labute approximate surface area is 243 Å². The predicted molar refractivity (Wildman–Crippen MR) is 154 cm³/mol. The van der Waals surface area contributed by atoms with E-state index in [-0.39, 0.29) is 51.1 Å². The average molecular weight is 594 g/mol. The summed E-state index contributed by atoms with van der Waals surface area (Å²) in [6.07, 6.45) is 12.5. The number of hydrogen-bond acceptors (Lipinski definition) is 6. The molecule has 0 bridgehead atoms. The van der Waals surface area contributed by atoms with Crippen molar-refractivity contribution in [3.63, 3.8) is 0 Å². The summed E-state index contributed by atoms with van der Waals surface area (Å²) in [5, 5.41) is 16.6. The normalized spacial score (nSPS) is 34.3. The molecule has 0 spiro atoms. The summed E-state index contributed by atoms with van der Waals surface area (Å²) >= 11 is 9.11. The van der Waals surface area contributed by atoms with Gasteiger partial charge in [-0.25, -0.2) is 4.39 Å². The summed E-state index contributed by atoms with van der Waals surface area (Å²) in [7, 11) is 0. The van der Waals surface area contributed by atoms with Crippen LogP contribution in [0.2, 0.25) is 5.02 Å². The molecular weight excluding hydrogens is 557 g/mol. The molecule has 7 atom stereocenters. The second-order valence-corrected chi connectivity index (χ2v) is 14.5. The van der Waals surface area contributed by atoms with E-state index >= 15 is 0 Å². The van der Waals surface area contributed by atoms with E-state index in [0.717, 1.165) is 31.7 Å². The first-order chi connectivity index (χ1) is 18.8. The number of rotatable bonds is 8. The fourth-order valence-electron chi connectivity index (χ4n) is 7.23. The van der Waals surface area contributed by atoms with Crippen molar-refractivity contribution in [2.75, 3.05) is 12.9 Å². The minimum absolute atomic E-state index is 0.00425. The molecule has 3 saturated carbocycles. The molecule has 10 heteroatoms. The molecule has 4 aliphatic rings. The van der Waals surface area contributed by atoms with Gasteiger partial charge in [0.1, 0.15) is 11.6 Å². The Morgan fingerprint density at radius 2 is 1.85 bits per heavy atom. The van der Waals surface area contributed by atoms with Crippen LogP contribution in [0.15, 0.2) is 18.2 Å². The van der Waals surface area contributed by atoms with Crippen molar-refractivity contribution in [2.45, 2.75) is 86.1 Å². The third-order valence-corrected chi connectivity index (χ3v) is 12.8. The van der Waals surface area contributed by atoms with Crippen molar-refractivity contribution in [1.29, 1.82) is 5.26 Å². The first-order valence-corrected chi connectivity index (χ1v) is 16.7. The van der Waals surface area contributed by atoms with Crippen LogP contribution in [0, 0.1) is 40.3 Å². The molecule has 1 saturated heterocycles. The fourth-order valence-corrected chi connectivity index (χ4v) is 10.4. The van der Waals surface area contributed by atoms with Gasteiger partial charge in [0, 0.05) is 18.2 Å². The van der Waals surface area contributed by atoms with E-state index < -0.39 is 11.2 Å². The lowest BCUT2D eigenvalue weighted by atomic mass is 9.71. The molecule has 0 aromatic heterocycles. The van der Waals surface area contributed by atoms with E-state index in [2.05, 4.69) is 23.0 Å². The van der Waals surface area contributed by atoms with Gasteiger partial charge < -0.3 is 15.4 Å². The van der Waals surface area contributed by atoms with Gasteiger partial charge in [-0.15, -0.1) is 23.5 Å². The van der Waals surface area contributed by atoms with E-state index in [1.165, 1.54) is 37.8 Å². The molecule has 212 valence electrons. The standard InChI is InChI=1S/C29H37ClFN3O3S2/c1-38-28-29(16-32,17-6-4-2-3-5-7-17)14-25(39-28)27(36)34-24-13-23(19-9-10-20(19)24)33-26(35)15-37-18-8-11-21(30)22(31)12-18/h8,11-12,17,19-20,23-25,28H,2-7,9-10,13-15H2,1H3,(H,33,35)(H,34,36)/t19?,20?,23-,24?,25?,28?,29?/m0/s1. The maximum atomic E-state index is 13.6. The molecule has 39 heavy (non-hydrogen) atoms. The van der Waals surface area contributed by atoms with E-state index in [1.807, 2.05) is 0 Å². The molecule has 1 aromatic rings. The van der Waals surface area contributed by atoms with Crippen LogP contribution in [-0.2, 0) is 9.59 Å². The number of halogens is 2. The van der Waals surface area contributed by atoms with Crippen molar-refractivity contribution in [3.05, 3.63) is 29.0 Å². The molecule has 1 aliphatic heterocycles. The number of amides is 2. The lowest BCUT2D eigenvalue weighted by Gasteiger charge is -2.36. The highest BCUT2D eigenvalue weighted by atomic mass is 35.5. The van der Waals surface area contributed by atoms with Crippen LogP contribution in [0.4, 0.5) is 4.39 Å². The van der Waals surface area contributed by atoms with Gasteiger partial charge in [-0.1, -0.05) is 37.3 Å². The summed E-state index contributed by atoms with van der Waals surface area (Å²) < 4.78 is 19.2. The van der Waals surface area contributed by atoms with E-state index in [1.54, 1.807) is 23.5 Å². The molecular formula is C29H37ClFN3O3S2. The first kappa shape index (κ1) is 28.9. The summed E-state index contributed by atoms with van der Waals surface area (Å²) in [6.45, 7) is -0.210. The third-order valence-electron chi connectivity index (χ3n) is 9.39. The Kier molecular flexibility index (Phi) is 9.25. The van der Waals surface area contributed by atoms with Crippen molar-refractivity contribution in [2.24, 2.45) is 23.2 Å². The van der Waals surface area contributed by atoms with Gasteiger partial charge in [0.15, 0.2) is 6.61 Å². The van der Waals surface area contributed by atoms with Gasteiger partial charge in [-0.3, -0.25) is 9.59 Å². The Morgan fingerprint density at radius 3 is 2.46 bits per heavy atom. The molecule has 6 nitrogen and oxygen atoms in total. The smallest absolute Gasteiger partial charge is 0.258 e. The van der Waals surface area contributed by atoms with Gasteiger partial charge in [0.25, 0.3) is 5.91 Å². The van der Waals surface area contributed by atoms with Crippen LogP contribution in [0.25, 0.3) is 0 Å². The molecule has 1 heterocycles. The zero-order chi connectivity index (χ0) is 27.6. The van der Waals surface area contributed by atoms with Crippen molar-refractivity contribution in [1.82, 2.24) is 10.6 Å². The highest BCUT2D eigenvalue weighted by Crippen LogP contribution is 2.58. The number of thioether (sulfide) groups is 2. The fraction of sp³-hybridized carbons (Fsp3) is 0.690. The quantitative estimate of drug-likeness (QED) is 0.363. The first-order valence-electron chi connectivity index (χ1n) is 14.1. The number of nitrogens with one attached hydrogen (secondary N) is 2. The largest absolute Gasteiger partial charge is 0.484 e. The van der Waals surface area contributed by atoms with Crippen molar-refractivity contribution in [3.8, 4) is 11.8 Å². The second-order valence-electron chi connectivity index (χ2n) is 11.5. The number of nitriles is 1. The minimum Gasteiger partial charge on any atom is -0.484 e. The third kappa shape index (κ3) is 6.04. The lowest BCUT2D eigenvalue weighted by molar-refractivity contribution is -0.124. The molecule has 3 aliphatic carbocycles. The topological polar surface area (TPSA) is 91.2 Å². The van der Waals surface area contributed by atoms with Gasteiger partial charge in [-0.2, -0.15) is 5.26 Å². The number of hydrogen-bond donors (Lipinski definition) is 2. The highest BCUT2D eigenvalue weighted by molar-refractivity contribution is 8.17. The van der Waals surface area contributed by atoms with Crippen LogP contribution in [-0.4, -0.2) is 46.6 Å². The molecule has 2 amide bonds. The van der Waals surface area contributed by atoms with Crippen LogP contribution in [0.1, 0.15) is 64.2 Å². The minimum atomic E-state index is -0.591. The molecule has 2 N–H and O–H groups in total. The maximum Gasteiger partial charge on any atom is 0.258 e. The van der Waals surface area contributed by atoms with Crippen LogP contribution in [0.3, 0.4) is 0 Å². The molecule has 1 aromatic carbocycles. The van der Waals surface area contributed by atoms with Gasteiger partial charge in [0.05, 0.1) is 26.3 Å². The number of nitrogens with zero attached hydrogens (tertiary/aromatic N) is 1. The SMILES string of the molecule is CSC1SC(C(=O)NC2C[C@H](NC(=O)COc3ccc(Cl)c(F)c3)C3CCC23)CC1(C#N)C1CCCCCC1. The maximum absolute atomic E-state index is 13.6. The summed E-state index contributed by atoms with van der Waals surface area (Å²) in [6, 6.07) is 6.82. The van der Waals surface area contributed by atoms with Crippen molar-refractivity contribution >= 4 is 46.9 Å². The Bertz CT molecular complexity index is 1110. The molecule has 4 fully saturated rings. The number of carbonyl (C=O) groups excluding carboxylic acids is 2. The van der Waals surface area contributed by atoms with E-state index in [0.29, 0.717) is 30.6 Å². The average Bonchev–Trinajstić information content (AvgIpc) is 3.22. The zero-order valence-corrected chi connectivity index (χ0v) is 24.7. The van der Waals surface area contributed by atoms with Crippen LogP contribution < -0.4 is 15.4 Å². The molecule has 5 rings (SSSR count). The van der Waals surface area contributed by atoms with E-state index in [4.69, 9.17) is 16.3 Å². The Hall–Kier alpha value is -1.63. The number of carbonyl (C=O) groups is 2. The van der Waals surface area contributed by atoms with Crippen LogP contribution in [0.5, 0.6) is 5.75 Å². The molecule has 6 unspecified atom stereocenters. The number of benzene rings is 1. The number of fused-ring (bicyclic) bond motifs is 1. The van der Waals surface area contributed by atoms with Crippen molar-refractivity contribution < 1.29 is 18.7 Å². The van der Waals surface area contributed by atoms with Gasteiger partial charge in [-0.05, 0) is 74.7 Å². The second kappa shape index (κ2) is 12.5. The molecule has 0 radical (unpaired) electrons. The monoisotopic (exact) mass is 593 g/mol. The summed E-state index contributed by atoms with van der Waals surface area (Å²) in [5.41, 5.74) is -0.450. The summed E-state index contributed by atoms with van der Waals surface area (Å²) in [4.78, 5) is 26.1. The van der Waals surface area contributed by atoms with E-state index in [9.17, 15) is 19.2 Å². The zero-order valence-electron chi connectivity index (χ0n) is 22.3. The van der Waals surface area contributed by atoms with Gasteiger partial charge in [0.2, 0.25) is 5.91 Å². The predicted octanol–water partition coefficient (Wildman–Crippen LogP) is 5.93. The lowest BCUT2D eigenvalue weighted by Crippen LogP contribution is -2.45. The number of ether oxygens (including phenoxy) is 1. The Morgan fingerprint density at radius 1 is 1.15 bits per heavy atom. The Balaban J connectivity index is 1.16. The highest BCUT2D eigenvalue weighted by Gasteiger charge is 2.55. The summed E-state index contributed by atoms with van der Waals surface area (Å²) in [5.74, 6) is 0.501. The van der Waals surface area contributed by atoms with Gasteiger partial charge >= 0.3 is 0 Å². The van der Waals surface area contributed by atoms with Crippen LogP contribution >= 0.6 is 35.1 Å².